The number of rotatable bonds is 8. The van der Waals surface area contributed by atoms with Crippen molar-refractivity contribution in [2.24, 2.45) is 0 Å². The summed E-state index contributed by atoms with van der Waals surface area (Å²) in [6, 6.07) is 7.12. The van der Waals surface area contributed by atoms with Crippen LogP contribution in [0.5, 0.6) is 5.75 Å². The average molecular weight is 416 g/mol. The SMILES string of the molecule is CCCCCOc1ccc(C(=O)Nc2sc3c(c2C(=O)OC)CCCCC3)cc1. The first-order chi connectivity index (χ1) is 14.1. The molecule has 0 unspecified atom stereocenters. The van der Waals surface area contributed by atoms with Crippen molar-refractivity contribution in [2.75, 3.05) is 19.0 Å². The summed E-state index contributed by atoms with van der Waals surface area (Å²) in [5.41, 5.74) is 2.11. The predicted octanol–water partition coefficient (Wildman–Crippen LogP) is 5.62. The fourth-order valence-electron chi connectivity index (χ4n) is 3.57. The number of ether oxygens (including phenoxy) is 2. The summed E-state index contributed by atoms with van der Waals surface area (Å²) in [5.74, 6) is 0.148. The third-order valence-electron chi connectivity index (χ3n) is 5.17. The number of fused-ring (bicyclic) bond motifs is 1. The number of esters is 1. The first-order valence-corrected chi connectivity index (χ1v) is 11.2. The standard InChI is InChI=1S/C23H29NO4S/c1-3-4-8-15-28-17-13-11-16(12-14-17)21(25)24-22-20(23(26)27-2)18-9-6-5-7-10-19(18)29-22/h11-14H,3-10,15H2,1-2H3,(H,24,25). The van der Waals surface area contributed by atoms with Crippen molar-refractivity contribution < 1.29 is 19.1 Å². The smallest absolute Gasteiger partial charge is 0.341 e. The van der Waals surface area contributed by atoms with E-state index >= 15 is 0 Å². The molecule has 0 saturated carbocycles. The zero-order valence-electron chi connectivity index (χ0n) is 17.2. The number of amides is 1. The van der Waals surface area contributed by atoms with Gasteiger partial charge in [0.1, 0.15) is 10.8 Å². The van der Waals surface area contributed by atoms with Crippen molar-refractivity contribution in [2.45, 2.75) is 58.3 Å². The van der Waals surface area contributed by atoms with Crippen molar-refractivity contribution >= 4 is 28.2 Å². The van der Waals surface area contributed by atoms with E-state index in [1.807, 2.05) is 12.1 Å². The molecule has 0 aliphatic heterocycles. The molecule has 1 N–H and O–H groups in total. The second-order valence-electron chi connectivity index (χ2n) is 7.29. The van der Waals surface area contributed by atoms with E-state index in [0.717, 1.165) is 62.7 Å². The summed E-state index contributed by atoms with van der Waals surface area (Å²) in [6.07, 6.45) is 8.47. The first-order valence-electron chi connectivity index (χ1n) is 10.4. The average Bonchev–Trinajstić information content (AvgIpc) is 2.91. The van der Waals surface area contributed by atoms with Crippen molar-refractivity contribution in [1.29, 1.82) is 0 Å². The van der Waals surface area contributed by atoms with Crippen LogP contribution in [-0.4, -0.2) is 25.6 Å². The van der Waals surface area contributed by atoms with Crippen molar-refractivity contribution in [1.82, 2.24) is 0 Å². The van der Waals surface area contributed by atoms with Gasteiger partial charge in [0.05, 0.1) is 19.3 Å². The van der Waals surface area contributed by atoms with E-state index in [4.69, 9.17) is 9.47 Å². The third-order valence-corrected chi connectivity index (χ3v) is 6.38. The van der Waals surface area contributed by atoms with Crippen LogP contribution in [0.25, 0.3) is 0 Å². The fraction of sp³-hybridized carbons (Fsp3) is 0.478. The maximum atomic E-state index is 12.8. The highest BCUT2D eigenvalue weighted by Gasteiger charge is 2.26. The van der Waals surface area contributed by atoms with Crippen LogP contribution in [0.3, 0.4) is 0 Å². The first kappa shape index (κ1) is 21.4. The van der Waals surface area contributed by atoms with Gasteiger partial charge in [0.2, 0.25) is 0 Å². The summed E-state index contributed by atoms with van der Waals surface area (Å²) in [4.78, 5) is 26.4. The van der Waals surface area contributed by atoms with E-state index in [1.165, 1.54) is 23.3 Å². The number of aryl methyl sites for hydroxylation is 1. The van der Waals surface area contributed by atoms with Crippen LogP contribution in [0, 0.1) is 0 Å². The van der Waals surface area contributed by atoms with Gasteiger partial charge in [0, 0.05) is 10.4 Å². The van der Waals surface area contributed by atoms with Gasteiger partial charge in [-0.2, -0.15) is 0 Å². The lowest BCUT2D eigenvalue weighted by atomic mass is 10.1. The molecular formula is C23H29NO4S. The number of nitrogens with one attached hydrogen (secondary N) is 1. The molecule has 1 amide bonds. The number of thiophene rings is 1. The largest absolute Gasteiger partial charge is 0.494 e. The quantitative estimate of drug-likeness (QED) is 0.345. The van der Waals surface area contributed by atoms with Crippen molar-refractivity contribution in [3.63, 3.8) is 0 Å². The lowest BCUT2D eigenvalue weighted by Crippen LogP contribution is -2.14. The van der Waals surface area contributed by atoms with Crippen LogP contribution in [-0.2, 0) is 17.6 Å². The van der Waals surface area contributed by atoms with Gasteiger partial charge in [-0.05, 0) is 61.9 Å². The number of benzene rings is 1. The number of anilines is 1. The number of hydrogen-bond donors (Lipinski definition) is 1. The molecule has 5 nitrogen and oxygen atoms in total. The minimum atomic E-state index is -0.379. The van der Waals surface area contributed by atoms with Crippen LogP contribution in [0.4, 0.5) is 5.00 Å². The van der Waals surface area contributed by atoms with E-state index in [0.29, 0.717) is 22.7 Å². The van der Waals surface area contributed by atoms with Gasteiger partial charge in [-0.3, -0.25) is 4.79 Å². The summed E-state index contributed by atoms with van der Waals surface area (Å²) >= 11 is 1.50. The van der Waals surface area contributed by atoms with Crippen LogP contribution in [0.15, 0.2) is 24.3 Å². The molecule has 3 rings (SSSR count). The Hall–Kier alpha value is -2.34. The molecule has 0 fully saturated rings. The van der Waals surface area contributed by atoms with Gasteiger partial charge in [0.25, 0.3) is 5.91 Å². The summed E-state index contributed by atoms with van der Waals surface area (Å²) in [6.45, 7) is 2.84. The Morgan fingerprint density at radius 2 is 1.83 bits per heavy atom. The van der Waals surface area contributed by atoms with Crippen LogP contribution in [0.2, 0.25) is 0 Å². The number of carbonyl (C=O) groups is 2. The van der Waals surface area contributed by atoms with E-state index in [9.17, 15) is 9.59 Å². The number of unbranched alkanes of at least 4 members (excludes halogenated alkanes) is 2. The normalized spacial score (nSPS) is 13.3. The molecule has 156 valence electrons. The monoisotopic (exact) mass is 415 g/mol. The lowest BCUT2D eigenvalue weighted by Gasteiger charge is -2.09. The highest BCUT2D eigenvalue weighted by atomic mass is 32.1. The molecule has 0 radical (unpaired) electrons. The number of carbonyl (C=O) groups excluding carboxylic acids is 2. The molecule has 6 heteroatoms. The summed E-state index contributed by atoms with van der Waals surface area (Å²) < 4.78 is 10.7. The van der Waals surface area contributed by atoms with Gasteiger partial charge in [-0.15, -0.1) is 11.3 Å². The molecular weight excluding hydrogens is 386 g/mol. The van der Waals surface area contributed by atoms with Crippen LogP contribution in [0.1, 0.15) is 76.6 Å². The minimum Gasteiger partial charge on any atom is -0.494 e. The molecule has 1 aliphatic carbocycles. The molecule has 1 aromatic heterocycles. The maximum Gasteiger partial charge on any atom is 0.341 e. The molecule has 0 bridgehead atoms. The van der Waals surface area contributed by atoms with E-state index < -0.39 is 0 Å². The molecule has 1 aromatic carbocycles. The molecule has 29 heavy (non-hydrogen) atoms. The maximum absolute atomic E-state index is 12.8. The Morgan fingerprint density at radius 1 is 1.07 bits per heavy atom. The van der Waals surface area contributed by atoms with Gasteiger partial charge in [0.15, 0.2) is 0 Å². The minimum absolute atomic E-state index is 0.232. The molecule has 1 aliphatic rings. The van der Waals surface area contributed by atoms with Crippen molar-refractivity contribution in [3.8, 4) is 5.75 Å². The molecule has 0 saturated heterocycles. The zero-order valence-corrected chi connectivity index (χ0v) is 18.0. The third kappa shape index (κ3) is 5.38. The van der Waals surface area contributed by atoms with Gasteiger partial charge < -0.3 is 14.8 Å². The number of methoxy groups -OCH3 is 1. The Balaban J connectivity index is 1.72. The predicted molar refractivity (Wildman–Crippen MR) is 116 cm³/mol. The highest BCUT2D eigenvalue weighted by Crippen LogP contribution is 2.38. The van der Waals surface area contributed by atoms with Crippen LogP contribution < -0.4 is 10.1 Å². The topological polar surface area (TPSA) is 64.6 Å². The van der Waals surface area contributed by atoms with Gasteiger partial charge in [-0.25, -0.2) is 4.79 Å². The zero-order chi connectivity index (χ0) is 20.6. The van der Waals surface area contributed by atoms with E-state index in [2.05, 4.69) is 12.2 Å². The summed E-state index contributed by atoms with van der Waals surface area (Å²) in [7, 11) is 1.38. The molecule has 0 atom stereocenters. The Morgan fingerprint density at radius 3 is 2.55 bits per heavy atom. The van der Waals surface area contributed by atoms with Crippen LogP contribution >= 0.6 is 11.3 Å². The second-order valence-corrected chi connectivity index (χ2v) is 8.40. The lowest BCUT2D eigenvalue weighted by molar-refractivity contribution is 0.0601. The van der Waals surface area contributed by atoms with E-state index in [1.54, 1.807) is 12.1 Å². The Kier molecular flexibility index (Phi) is 7.69. The van der Waals surface area contributed by atoms with Gasteiger partial charge in [-0.1, -0.05) is 26.2 Å². The summed E-state index contributed by atoms with van der Waals surface area (Å²) in [5, 5.41) is 3.53. The van der Waals surface area contributed by atoms with E-state index in [-0.39, 0.29) is 11.9 Å². The Bertz CT molecular complexity index is 841. The molecule has 0 spiro atoms. The second kappa shape index (κ2) is 10.4. The highest BCUT2D eigenvalue weighted by molar-refractivity contribution is 7.17. The van der Waals surface area contributed by atoms with Gasteiger partial charge >= 0.3 is 5.97 Å². The fourth-order valence-corrected chi connectivity index (χ4v) is 4.84. The molecule has 1 heterocycles. The Labute approximate surface area is 176 Å². The van der Waals surface area contributed by atoms with Crippen molar-refractivity contribution in [3.05, 3.63) is 45.8 Å². The molecule has 2 aromatic rings. The number of hydrogen-bond acceptors (Lipinski definition) is 5.